The van der Waals surface area contributed by atoms with Gasteiger partial charge in [0.25, 0.3) is 5.91 Å². The normalized spacial score (nSPS) is 19.2. The molecule has 3 rings (SSSR count). The van der Waals surface area contributed by atoms with Crippen LogP contribution >= 0.6 is 0 Å². The van der Waals surface area contributed by atoms with Crippen LogP contribution in [0.1, 0.15) is 46.0 Å². The Morgan fingerprint density at radius 1 is 1.08 bits per heavy atom. The number of hydrogen-bond acceptors (Lipinski definition) is 3. The first kappa shape index (κ1) is 17.4. The van der Waals surface area contributed by atoms with Gasteiger partial charge < -0.3 is 10.0 Å². The second-order valence-electron chi connectivity index (χ2n) is 6.78. The number of para-hydroxylation sites is 1. The highest BCUT2D eigenvalue weighted by atomic mass is 16.3. The third-order valence-corrected chi connectivity index (χ3v) is 5.11. The highest BCUT2D eigenvalue weighted by molar-refractivity contribution is 6.11. The minimum absolute atomic E-state index is 0.218. The van der Waals surface area contributed by atoms with Crippen molar-refractivity contribution in [2.75, 3.05) is 11.4 Å². The molecule has 0 saturated heterocycles. The van der Waals surface area contributed by atoms with E-state index in [1.54, 1.807) is 18.2 Å². The summed E-state index contributed by atoms with van der Waals surface area (Å²) in [5.74, 6) is -0.643. The van der Waals surface area contributed by atoms with Gasteiger partial charge in [0.1, 0.15) is 0 Å². The largest absolute Gasteiger partial charge is 0.375 e. The molecule has 2 aromatic carbocycles. The van der Waals surface area contributed by atoms with Gasteiger partial charge in [0, 0.05) is 17.7 Å². The second-order valence-corrected chi connectivity index (χ2v) is 6.78. The number of aryl methyl sites for hydroxylation is 3. The minimum Gasteiger partial charge on any atom is -0.375 e. The third kappa shape index (κ3) is 2.67. The number of carbonyl (C=O) groups is 2. The monoisotopic (exact) mass is 337 g/mol. The summed E-state index contributed by atoms with van der Waals surface area (Å²) in [5, 5.41) is 11.1. The Morgan fingerprint density at radius 3 is 2.40 bits per heavy atom. The van der Waals surface area contributed by atoms with Gasteiger partial charge in [-0.25, -0.2) is 0 Å². The van der Waals surface area contributed by atoms with Gasteiger partial charge in [-0.2, -0.15) is 0 Å². The van der Waals surface area contributed by atoms with Crippen molar-refractivity contribution >= 4 is 17.4 Å². The zero-order valence-electron chi connectivity index (χ0n) is 15.1. The highest BCUT2D eigenvalue weighted by Gasteiger charge is 2.50. The summed E-state index contributed by atoms with van der Waals surface area (Å²) < 4.78 is 0. The molecule has 1 atom stereocenters. The van der Waals surface area contributed by atoms with E-state index in [-0.39, 0.29) is 12.2 Å². The first-order chi connectivity index (χ1) is 11.8. The molecule has 1 heterocycles. The average molecular weight is 337 g/mol. The Hall–Kier alpha value is -2.46. The van der Waals surface area contributed by atoms with Crippen LogP contribution in [0.5, 0.6) is 0 Å². The molecular weight excluding hydrogens is 314 g/mol. The molecule has 25 heavy (non-hydrogen) atoms. The second kappa shape index (κ2) is 6.12. The molecule has 0 aromatic heterocycles. The van der Waals surface area contributed by atoms with Crippen LogP contribution in [0.3, 0.4) is 0 Å². The number of Topliss-reactive ketones (excluding diaryl/α,β-unsaturated/α-hetero) is 1. The van der Waals surface area contributed by atoms with E-state index in [1.807, 2.05) is 45.9 Å². The SMILES string of the molecule is CCN1C(=O)[C@](O)(CC(=O)c2cc(C)c(C)cc2C)c2ccccc21. The summed E-state index contributed by atoms with van der Waals surface area (Å²) in [5.41, 5.74) is 2.97. The Labute approximate surface area is 148 Å². The smallest absolute Gasteiger partial charge is 0.264 e. The van der Waals surface area contributed by atoms with E-state index >= 15 is 0 Å². The average Bonchev–Trinajstić information content (AvgIpc) is 2.79. The first-order valence-corrected chi connectivity index (χ1v) is 8.54. The van der Waals surface area contributed by atoms with E-state index in [9.17, 15) is 14.7 Å². The van der Waals surface area contributed by atoms with Gasteiger partial charge in [0.05, 0.1) is 12.1 Å². The van der Waals surface area contributed by atoms with Gasteiger partial charge in [-0.15, -0.1) is 0 Å². The zero-order chi connectivity index (χ0) is 18.4. The lowest BCUT2D eigenvalue weighted by molar-refractivity contribution is -0.135. The molecule has 130 valence electrons. The van der Waals surface area contributed by atoms with Gasteiger partial charge in [-0.1, -0.05) is 24.3 Å². The summed E-state index contributed by atoms with van der Waals surface area (Å²) in [6.45, 7) is 8.15. The van der Waals surface area contributed by atoms with Crippen LogP contribution in [-0.2, 0) is 10.4 Å². The van der Waals surface area contributed by atoms with E-state index < -0.39 is 11.5 Å². The number of amides is 1. The van der Waals surface area contributed by atoms with Crippen molar-refractivity contribution in [2.45, 2.75) is 39.7 Å². The van der Waals surface area contributed by atoms with Gasteiger partial charge >= 0.3 is 0 Å². The molecule has 4 heteroatoms. The minimum atomic E-state index is -1.80. The van der Waals surface area contributed by atoms with Crippen LogP contribution in [0.25, 0.3) is 0 Å². The van der Waals surface area contributed by atoms with Crippen molar-refractivity contribution in [2.24, 2.45) is 0 Å². The molecule has 0 bridgehead atoms. The molecule has 0 radical (unpaired) electrons. The molecule has 0 aliphatic carbocycles. The molecule has 0 fully saturated rings. The van der Waals surface area contributed by atoms with E-state index in [0.29, 0.717) is 23.4 Å². The van der Waals surface area contributed by atoms with Crippen LogP contribution in [0.15, 0.2) is 36.4 Å². The number of ketones is 1. The highest BCUT2D eigenvalue weighted by Crippen LogP contribution is 2.42. The van der Waals surface area contributed by atoms with Gasteiger partial charge in [0.2, 0.25) is 0 Å². The maximum absolute atomic E-state index is 12.9. The number of fused-ring (bicyclic) bond motifs is 1. The molecule has 0 spiro atoms. The van der Waals surface area contributed by atoms with Gasteiger partial charge in [-0.05, 0) is 56.5 Å². The Morgan fingerprint density at radius 2 is 1.72 bits per heavy atom. The number of likely N-dealkylation sites (N-methyl/N-ethyl adjacent to an activating group) is 1. The topological polar surface area (TPSA) is 57.6 Å². The van der Waals surface area contributed by atoms with Crippen LogP contribution in [0.2, 0.25) is 0 Å². The molecule has 1 aliphatic heterocycles. The summed E-state index contributed by atoms with van der Waals surface area (Å²) in [7, 11) is 0. The number of nitrogens with zero attached hydrogens (tertiary/aromatic N) is 1. The lowest BCUT2D eigenvalue weighted by atomic mass is 9.86. The molecule has 1 amide bonds. The Bertz CT molecular complexity index is 871. The number of rotatable bonds is 4. The summed E-state index contributed by atoms with van der Waals surface area (Å²) in [6.07, 6.45) is -0.247. The van der Waals surface area contributed by atoms with Crippen molar-refractivity contribution < 1.29 is 14.7 Å². The van der Waals surface area contributed by atoms with Gasteiger partial charge in [-0.3, -0.25) is 9.59 Å². The molecule has 1 aliphatic rings. The molecule has 1 N–H and O–H groups in total. The zero-order valence-corrected chi connectivity index (χ0v) is 15.1. The molecule has 0 unspecified atom stereocenters. The predicted molar refractivity (Wildman–Crippen MR) is 98.0 cm³/mol. The fourth-order valence-electron chi connectivity index (χ4n) is 3.58. The van der Waals surface area contributed by atoms with E-state index in [1.165, 1.54) is 4.90 Å². The first-order valence-electron chi connectivity index (χ1n) is 8.54. The molecule has 0 saturated carbocycles. The van der Waals surface area contributed by atoms with Crippen LogP contribution in [0, 0.1) is 20.8 Å². The van der Waals surface area contributed by atoms with E-state index in [4.69, 9.17) is 0 Å². The van der Waals surface area contributed by atoms with Crippen LogP contribution in [-0.4, -0.2) is 23.3 Å². The lowest BCUT2D eigenvalue weighted by Gasteiger charge is -2.22. The number of hydrogen-bond donors (Lipinski definition) is 1. The summed E-state index contributed by atoms with van der Waals surface area (Å²) in [6, 6.07) is 11.0. The standard InChI is InChI=1S/C21H23NO3/c1-5-22-18-9-7-6-8-17(18)21(25,20(22)24)12-19(23)16-11-14(3)13(2)10-15(16)4/h6-11,25H,5,12H2,1-4H3/t21-/m0/s1. The summed E-state index contributed by atoms with van der Waals surface area (Å²) >= 11 is 0. The van der Waals surface area contributed by atoms with Crippen LogP contribution < -0.4 is 4.90 Å². The van der Waals surface area contributed by atoms with E-state index in [2.05, 4.69) is 0 Å². The van der Waals surface area contributed by atoms with Gasteiger partial charge in [0.15, 0.2) is 11.4 Å². The maximum atomic E-state index is 12.9. The van der Waals surface area contributed by atoms with Crippen molar-refractivity contribution in [3.05, 3.63) is 64.2 Å². The molecular formula is C21H23NO3. The van der Waals surface area contributed by atoms with Crippen LogP contribution in [0.4, 0.5) is 5.69 Å². The Kier molecular flexibility index (Phi) is 4.25. The van der Waals surface area contributed by atoms with Crippen molar-refractivity contribution in [3.8, 4) is 0 Å². The Balaban J connectivity index is 2.01. The predicted octanol–water partition coefficient (Wildman–Crippen LogP) is 3.44. The summed E-state index contributed by atoms with van der Waals surface area (Å²) in [4.78, 5) is 27.3. The number of benzene rings is 2. The number of anilines is 1. The number of carbonyl (C=O) groups excluding carboxylic acids is 2. The quantitative estimate of drug-likeness (QED) is 0.870. The third-order valence-electron chi connectivity index (χ3n) is 5.11. The fourth-order valence-corrected chi connectivity index (χ4v) is 3.58. The maximum Gasteiger partial charge on any atom is 0.264 e. The molecule has 2 aromatic rings. The molecule has 4 nitrogen and oxygen atoms in total. The van der Waals surface area contributed by atoms with Crippen molar-refractivity contribution in [1.29, 1.82) is 0 Å². The fraction of sp³-hybridized carbons (Fsp3) is 0.333. The van der Waals surface area contributed by atoms with Crippen molar-refractivity contribution in [3.63, 3.8) is 0 Å². The lowest BCUT2D eigenvalue weighted by Crippen LogP contribution is -2.41. The van der Waals surface area contributed by atoms with E-state index in [0.717, 1.165) is 16.7 Å². The number of aliphatic hydroxyl groups is 1. The van der Waals surface area contributed by atoms with Crippen molar-refractivity contribution in [1.82, 2.24) is 0 Å².